The Morgan fingerprint density at radius 3 is 2.82 bits per heavy atom. The third-order valence-electron chi connectivity index (χ3n) is 3.11. The van der Waals surface area contributed by atoms with Crippen molar-refractivity contribution in [3.05, 3.63) is 34.9 Å². The Kier molecular flexibility index (Phi) is 3.45. The van der Waals surface area contributed by atoms with Gasteiger partial charge in [0.05, 0.1) is 6.61 Å². The van der Waals surface area contributed by atoms with Gasteiger partial charge in [0, 0.05) is 27.1 Å². The van der Waals surface area contributed by atoms with Gasteiger partial charge in [0.15, 0.2) is 0 Å². The van der Waals surface area contributed by atoms with E-state index in [1.165, 1.54) is 0 Å². The van der Waals surface area contributed by atoms with E-state index >= 15 is 0 Å². The normalized spacial score (nSPS) is 15.8. The standard InChI is InChI=1S/C13H17NO3/c1-9(15)14-6-11-4-3-10(5-12(11)7-14)13(16)8-17-2/h3-5,13,16H,6-8H2,1-2H3. The fourth-order valence-corrected chi connectivity index (χ4v) is 2.10. The molecule has 0 aliphatic carbocycles. The van der Waals surface area contributed by atoms with Crippen molar-refractivity contribution in [1.29, 1.82) is 0 Å². The second kappa shape index (κ2) is 4.85. The first-order valence-corrected chi connectivity index (χ1v) is 5.66. The summed E-state index contributed by atoms with van der Waals surface area (Å²) in [7, 11) is 1.56. The Balaban J connectivity index is 2.17. The van der Waals surface area contributed by atoms with Crippen molar-refractivity contribution in [2.75, 3.05) is 13.7 Å². The molecule has 1 heterocycles. The molecule has 1 aromatic carbocycles. The molecule has 0 fully saturated rings. The summed E-state index contributed by atoms with van der Waals surface area (Å²) >= 11 is 0. The number of hydrogen-bond acceptors (Lipinski definition) is 3. The van der Waals surface area contributed by atoms with Crippen molar-refractivity contribution in [2.24, 2.45) is 0 Å². The van der Waals surface area contributed by atoms with Crippen LogP contribution < -0.4 is 0 Å². The van der Waals surface area contributed by atoms with E-state index in [-0.39, 0.29) is 12.5 Å². The summed E-state index contributed by atoms with van der Waals surface area (Å²) in [5.41, 5.74) is 3.12. The average molecular weight is 235 g/mol. The lowest BCUT2D eigenvalue weighted by molar-refractivity contribution is -0.129. The minimum atomic E-state index is -0.600. The smallest absolute Gasteiger partial charge is 0.220 e. The summed E-state index contributed by atoms with van der Waals surface area (Å²) in [4.78, 5) is 13.1. The zero-order chi connectivity index (χ0) is 12.4. The molecule has 1 aliphatic heterocycles. The van der Waals surface area contributed by atoms with Crippen LogP contribution >= 0.6 is 0 Å². The van der Waals surface area contributed by atoms with Crippen LogP contribution in [-0.2, 0) is 22.6 Å². The van der Waals surface area contributed by atoms with Gasteiger partial charge in [-0.2, -0.15) is 0 Å². The molecule has 0 radical (unpaired) electrons. The molecule has 17 heavy (non-hydrogen) atoms. The summed E-state index contributed by atoms with van der Waals surface area (Å²) in [6, 6.07) is 5.83. The number of ether oxygens (including phenoxy) is 1. The van der Waals surface area contributed by atoms with Crippen molar-refractivity contribution in [3.8, 4) is 0 Å². The number of benzene rings is 1. The number of fused-ring (bicyclic) bond motifs is 1. The largest absolute Gasteiger partial charge is 0.386 e. The predicted molar refractivity (Wildman–Crippen MR) is 63.2 cm³/mol. The number of methoxy groups -OCH3 is 1. The fraction of sp³-hybridized carbons (Fsp3) is 0.462. The SMILES string of the molecule is COCC(O)c1ccc2c(c1)CN(C(C)=O)C2. The number of hydrogen-bond donors (Lipinski definition) is 1. The molecule has 1 atom stereocenters. The topological polar surface area (TPSA) is 49.8 Å². The lowest BCUT2D eigenvalue weighted by Crippen LogP contribution is -2.21. The first kappa shape index (κ1) is 12.1. The monoisotopic (exact) mass is 235 g/mol. The molecule has 92 valence electrons. The zero-order valence-corrected chi connectivity index (χ0v) is 10.1. The molecule has 0 saturated heterocycles. The number of carbonyl (C=O) groups is 1. The number of rotatable bonds is 3. The number of aliphatic hydroxyl groups excluding tert-OH is 1. The van der Waals surface area contributed by atoms with E-state index in [9.17, 15) is 9.90 Å². The lowest BCUT2D eigenvalue weighted by atomic mass is 10.0. The van der Waals surface area contributed by atoms with Crippen LogP contribution in [0.25, 0.3) is 0 Å². The third-order valence-corrected chi connectivity index (χ3v) is 3.11. The number of carbonyl (C=O) groups excluding carboxylic acids is 1. The van der Waals surface area contributed by atoms with Gasteiger partial charge in [-0.15, -0.1) is 0 Å². The maximum Gasteiger partial charge on any atom is 0.220 e. The van der Waals surface area contributed by atoms with E-state index in [4.69, 9.17) is 4.74 Å². The summed E-state index contributed by atoms with van der Waals surface area (Å²) in [5.74, 6) is 0.0835. The van der Waals surface area contributed by atoms with Gasteiger partial charge in [-0.05, 0) is 16.7 Å². The summed E-state index contributed by atoms with van der Waals surface area (Å²) in [5, 5.41) is 9.82. The van der Waals surface area contributed by atoms with E-state index in [0.717, 1.165) is 16.7 Å². The second-order valence-corrected chi connectivity index (χ2v) is 4.37. The van der Waals surface area contributed by atoms with Gasteiger partial charge in [-0.3, -0.25) is 4.79 Å². The maximum absolute atomic E-state index is 11.3. The Bertz CT molecular complexity index is 431. The average Bonchev–Trinajstić information content (AvgIpc) is 2.71. The lowest BCUT2D eigenvalue weighted by Gasteiger charge is -2.11. The van der Waals surface area contributed by atoms with Gasteiger partial charge >= 0.3 is 0 Å². The van der Waals surface area contributed by atoms with Gasteiger partial charge in [0.1, 0.15) is 6.10 Å². The fourth-order valence-electron chi connectivity index (χ4n) is 2.10. The van der Waals surface area contributed by atoms with Crippen LogP contribution in [0.5, 0.6) is 0 Å². The Morgan fingerprint density at radius 1 is 1.47 bits per heavy atom. The van der Waals surface area contributed by atoms with Crippen LogP contribution in [-0.4, -0.2) is 29.6 Å². The minimum absolute atomic E-state index is 0.0835. The molecule has 1 aromatic rings. The van der Waals surface area contributed by atoms with E-state index in [0.29, 0.717) is 13.1 Å². The van der Waals surface area contributed by atoms with Crippen LogP contribution in [0, 0.1) is 0 Å². The molecule has 1 aliphatic rings. The maximum atomic E-state index is 11.3. The van der Waals surface area contributed by atoms with E-state index in [1.54, 1.807) is 18.9 Å². The first-order chi connectivity index (χ1) is 8.11. The summed E-state index contributed by atoms with van der Waals surface area (Å²) in [6.45, 7) is 3.17. The molecule has 0 bridgehead atoms. The molecule has 0 aromatic heterocycles. The highest BCUT2D eigenvalue weighted by Gasteiger charge is 2.21. The van der Waals surface area contributed by atoms with Crippen LogP contribution in [0.15, 0.2) is 18.2 Å². The third kappa shape index (κ3) is 2.48. The van der Waals surface area contributed by atoms with Crippen LogP contribution in [0.4, 0.5) is 0 Å². The Labute approximate surface area is 101 Å². The molecule has 1 amide bonds. The molecule has 0 spiro atoms. The van der Waals surface area contributed by atoms with Gasteiger partial charge in [-0.1, -0.05) is 18.2 Å². The van der Waals surface area contributed by atoms with Crippen LogP contribution in [0.3, 0.4) is 0 Å². The molecule has 1 unspecified atom stereocenters. The van der Waals surface area contributed by atoms with Gasteiger partial charge < -0.3 is 14.7 Å². The second-order valence-electron chi connectivity index (χ2n) is 4.37. The predicted octanol–water partition coefficient (Wildman–Crippen LogP) is 1.23. The highest BCUT2D eigenvalue weighted by molar-refractivity contribution is 5.74. The molecular weight excluding hydrogens is 218 g/mol. The quantitative estimate of drug-likeness (QED) is 0.857. The van der Waals surface area contributed by atoms with Crippen LogP contribution in [0.2, 0.25) is 0 Å². The molecule has 4 nitrogen and oxygen atoms in total. The zero-order valence-electron chi connectivity index (χ0n) is 10.1. The first-order valence-electron chi connectivity index (χ1n) is 5.66. The Hall–Kier alpha value is -1.39. The minimum Gasteiger partial charge on any atom is -0.386 e. The van der Waals surface area contributed by atoms with E-state index < -0.39 is 6.10 Å². The molecule has 0 saturated carbocycles. The van der Waals surface area contributed by atoms with Crippen molar-refractivity contribution in [3.63, 3.8) is 0 Å². The van der Waals surface area contributed by atoms with Crippen molar-refractivity contribution in [1.82, 2.24) is 4.90 Å². The Morgan fingerprint density at radius 2 is 2.18 bits per heavy atom. The summed E-state index contributed by atoms with van der Waals surface area (Å²) in [6.07, 6.45) is -0.600. The summed E-state index contributed by atoms with van der Waals surface area (Å²) < 4.78 is 4.92. The van der Waals surface area contributed by atoms with E-state index in [2.05, 4.69) is 0 Å². The van der Waals surface area contributed by atoms with Gasteiger partial charge in [0.2, 0.25) is 5.91 Å². The van der Waals surface area contributed by atoms with Crippen molar-refractivity contribution >= 4 is 5.91 Å². The molecule has 1 N–H and O–H groups in total. The van der Waals surface area contributed by atoms with E-state index in [1.807, 2.05) is 18.2 Å². The number of nitrogens with zero attached hydrogens (tertiary/aromatic N) is 1. The molecule has 4 heteroatoms. The highest BCUT2D eigenvalue weighted by Crippen LogP contribution is 2.26. The van der Waals surface area contributed by atoms with Crippen molar-refractivity contribution < 1.29 is 14.6 Å². The molecule has 2 rings (SSSR count). The highest BCUT2D eigenvalue weighted by atomic mass is 16.5. The number of amides is 1. The molecular formula is C13H17NO3. The van der Waals surface area contributed by atoms with Gasteiger partial charge in [-0.25, -0.2) is 0 Å². The van der Waals surface area contributed by atoms with Crippen molar-refractivity contribution in [2.45, 2.75) is 26.1 Å². The number of aliphatic hydroxyl groups is 1. The van der Waals surface area contributed by atoms with Crippen LogP contribution in [0.1, 0.15) is 29.7 Å². The van der Waals surface area contributed by atoms with Gasteiger partial charge in [0.25, 0.3) is 0 Å².